The molecular formula is C18H20N2O3. The fourth-order valence-electron chi connectivity index (χ4n) is 2.32. The van der Waals surface area contributed by atoms with E-state index in [0.717, 1.165) is 6.42 Å². The minimum absolute atomic E-state index is 0.111. The number of aromatic carboxylic acids is 1. The van der Waals surface area contributed by atoms with Gasteiger partial charge in [0.25, 0.3) is 5.91 Å². The number of rotatable bonds is 6. The molecule has 0 saturated carbocycles. The lowest BCUT2D eigenvalue weighted by atomic mass is 9.85. The predicted molar refractivity (Wildman–Crippen MR) is 87.5 cm³/mol. The average molecular weight is 312 g/mol. The summed E-state index contributed by atoms with van der Waals surface area (Å²) in [5.74, 6) is -1.44. The van der Waals surface area contributed by atoms with Crippen LogP contribution in [0.15, 0.2) is 48.7 Å². The number of nitrogens with zero attached hydrogens (tertiary/aromatic N) is 1. The Bertz CT molecular complexity index is 696. The van der Waals surface area contributed by atoms with Crippen LogP contribution in [0.5, 0.6) is 0 Å². The highest BCUT2D eigenvalue weighted by Gasteiger charge is 2.20. The Labute approximate surface area is 135 Å². The molecule has 2 N–H and O–H groups in total. The number of pyridine rings is 1. The van der Waals surface area contributed by atoms with Gasteiger partial charge in [0, 0.05) is 18.3 Å². The van der Waals surface area contributed by atoms with Crippen LogP contribution in [0.1, 0.15) is 40.3 Å². The molecule has 120 valence electrons. The van der Waals surface area contributed by atoms with Gasteiger partial charge >= 0.3 is 5.97 Å². The van der Waals surface area contributed by atoms with E-state index in [-0.39, 0.29) is 17.0 Å². The molecule has 1 aromatic carbocycles. The van der Waals surface area contributed by atoms with E-state index in [1.54, 1.807) is 0 Å². The number of carboxylic acid groups (broad SMARTS) is 1. The van der Waals surface area contributed by atoms with Crippen molar-refractivity contribution in [2.24, 2.45) is 5.41 Å². The zero-order valence-electron chi connectivity index (χ0n) is 13.2. The molecule has 0 saturated heterocycles. The Hall–Kier alpha value is -2.69. The molecule has 0 radical (unpaired) electrons. The summed E-state index contributed by atoms with van der Waals surface area (Å²) in [6.45, 7) is 4.65. The molecule has 0 aliphatic rings. The third kappa shape index (κ3) is 4.92. The smallest absolute Gasteiger partial charge is 0.354 e. The maximum Gasteiger partial charge on any atom is 0.354 e. The number of hydrogen-bond acceptors (Lipinski definition) is 3. The van der Waals surface area contributed by atoms with Gasteiger partial charge < -0.3 is 10.4 Å². The molecule has 1 aromatic heterocycles. The van der Waals surface area contributed by atoms with Crippen LogP contribution in [-0.2, 0) is 6.42 Å². The second kappa shape index (κ2) is 7.05. The van der Waals surface area contributed by atoms with E-state index < -0.39 is 5.97 Å². The summed E-state index contributed by atoms with van der Waals surface area (Å²) in [4.78, 5) is 26.8. The molecule has 5 heteroatoms. The number of carbonyl (C=O) groups is 2. The molecule has 0 spiro atoms. The van der Waals surface area contributed by atoms with Crippen molar-refractivity contribution < 1.29 is 14.7 Å². The monoisotopic (exact) mass is 312 g/mol. The summed E-state index contributed by atoms with van der Waals surface area (Å²) in [7, 11) is 0. The molecular weight excluding hydrogens is 292 g/mol. The molecule has 0 bridgehead atoms. The SMILES string of the molecule is CC(C)(CNC(=O)c1ccnc(C(=O)O)c1)Cc1ccccc1. The van der Waals surface area contributed by atoms with Gasteiger partial charge in [-0.1, -0.05) is 44.2 Å². The fourth-order valence-corrected chi connectivity index (χ4v) is 2.32. The van der Waals surface area contributed by atoms with E-state index in [9.17, 15) is 9.59 Å². The number of amides is 1. The Morgan fingerprint density at radius 3 is 2.52 bits per heavy atom. The van der Waals surface area contributed by atoms with Gasteiger partial charge in [-0.05, 0) is 29.5 Å². The molecule has 23 heavy (non-hydrogen) atoms. The van der Waals surface area contributed by atoms with Gasteiger partial charge in [0.2, 0.25) is 0 Å². The van der Waals surface area contributed by atoms with Crippen molar-refractivity contribution in [2.45, 2.75) is 20.3 Å². The zero-order chi connectivity index (χ0) is 16.9. The van der Waals surface area contributed by atoms with Crippen LogP contribution in [0.3, 0.4) is 0 Å². The highest BCUT2D eigenvalue weighted by Crippen LogP contribution is 2.20. The second-order valence-corrected chi connectivity index (χ2v) is 6.24. The van der Waals surface area contributed by atoms with E-state index in [0.29, 0.717) is 12.1 Å². The lowest BCUT2D eigenvalue weighted by molar-refractivity contribution is 0.0690. The van der Waals surface area contributed by atoms with Gasteiger partial charge in [0.1, 0.15) is 5.69 Å². The first-order valence-corrected chi connectivity index (χ1v) is 7.39. The van der Waals surface area contributed by atoms with Crippen LogP contribution in [0, 0.1) is 5.41 Å². The van der Waals surface area contributed by atoms with Crippen LogP contribution in [0.2, 0.25) is 0 Å². The number of hydrogen-bond donors (Lipinski definition) is 2. The van der Waals surface area contributed by atoms with Crippen LogP contribution in [0.4, 0.5) is 0 Å². The Morgan fingerprint density at radius 2 is 1.87 bits per heavy atom. The number of nitrogens with one attached hydrogen (secondary N) is 1. The molecule has 1 heterocycles. The standard InChI is InChI=1S/C18H20N2O3/c1-18(2,11-13-6-4-3-5-7-13)12-20-16(21)14-8-9-19-15(10-14)17(22)23/h3-10H,11-12H2,1-2H3,(H,20,21)(H,22,23). The van der Waals surface area contributed by atoms with E-state index in [2.05, 4.69) is 36.3 Å². The van der Waals surface area contributed by atoms with Gasteiger partial charge in [-0.2, -0.15) is 0 Å². The molecule has 0 atom stereocenters. The third-order valence-corrected chi connectivity index (χ3v) is 3.49. The molecule has 0 unspecified atom stereocenters. The van der Waals surface area contributed by atoms with Crippen molar-refractivity contribution in [3.8, 4) is 0 Å². The van der Waals surface area contributed by atoms with Crippen LogP contribution in [0.25, 0.3) is 0 Å². The molecule has 0 aliphatic carbocycles. The first kappa shape index (κ1) is 16.7. The number of aromatic nitrogens is 1. The lowest BCUT2D eigenvalue weighted by Gasteiger charge is -2.25. The molecule has 5 nitrogen and oxygen atoms in total. The summed E-state index contributed by atoms with van der Waals surface area (Å²) in [5.41, 5.74) is 1.26. The van der Waals surface area contributed by atoms with Crippen LogP contribution >= 0.6 is 0 Å². The van der Waals surface area contributed by atoms with Crippen molar-refractivity contribution in [3.63, 3.8) is 0 Å². The number of benzene rings is 1. The molecule has 0 fully saturated rings. The van der Waals surface area contributed by atoms with Crippen molar-refractivity contribution in [3.05, 3.63) is 65.5 Å². The minimum atomic E-state index is -1.15. The number of carbonyl (C=O) groups excluding carboxylic acids is 1. The largest absolute Gasteiger partial charge is 0.477 e. The van der Waals surface area contributed by atoms with Gasteiger partial charge in [-0.25, -0.2) is 9.78 Å². The molecule has 1 amide bonds. The van der Waals surface area contributed by atoms with Crippen molar-refractivity contribution in [2.75, 3.05) is 6.54 Å². The summed E-state index contributed by atoms with van der Waals surface area (Å²) >= 11 is 0. The summed E-state index contributed by atoms with van der Waals surface area (Å²) in [6.07, 6.45) is 2.16. The van der Waals surface area contributed by atoms with Crippen molar-refractivity contribution in [1.82, 2.24) is 10.3 Å². The van der Waals surface area contributed by atoms with Gasteiger partial charge in [0.05, 0.1) is 0 Å². The maximum absolute atomic E-state index is 12.2. The molecule has 2 rings (SSSR count). The third-order valence-electron chi connectivity index (χ3n) is 3.49. The Balaban J connectivity index is 1.98. The fraction of sp³-hybridized carbons (Fsp3) is 0.278. The Kier molecular flexibility index (Phi) is 5.11. The lowest BCUT2D eigenvalue weighted by Crippen LogP contribution is -2.35. The highest BCUT2D eigenvalue weighted by molar-refractivity contribution is 5.96. The van der Waals surface area contributed by atoms with E-state index in [1.165, 1.54) is 23.9 Å². The molecule has 2 aromatic rings. The average Bonchev–Trinajstić information content (AvgIpc) is 2.53. The zero-order valence-corrected chi connectivity index (χ0v) is 13.2. The normalized spacial score (nSPS) is 11.0. The first-order valence-electron chi connectivity index (χ1n) is 7.39. The van der Waals surface area contributed by atoms with Gasteiger partial charge in [-0.15, -0.1) is 0 Å². The first-order chi connectivity index (χ1) is 10.9. The highest BCUT2D eigenvalue weighted by atomic mass is 16.4. The summed E-state index contributed by atoms with van der Waals surface area (Å²) < 4.78 is 0. The predicted octanol–water partition coefficient (Wildman–Crippen LogP) is 2.78. The van der Waals surface area contributed by atoms with Crippen molar-refractivity contribution in [1.29, 1.82) is 0 Å². The quantitative estimate of drug-likeness (QED) is 0.859. The van der Waals surface area contributed by atoms with Gasteiger partial charge in [-0.3, -0.25) is 4.79 Å². The van der Waals surface area contributed by atoms with Gasteiger partial charge in [0.15, 0.2) is 0 Å². The summed E-state index contributed by atoms with van der Waals surface area (Å²) in [5, 5.41) is 11.8. The topological polar surface area (TPSA) is 79.3 Å². The van der Waals surface area contributed by atoms with Crippen LogP contribution < -0.4 is 5.32 Å². The second-order valence-electron chi connectivity index (χ2n) is 6.24. The van der Waals surface area contributed by atoms with E-state index >= 15 is 0 Å². The Morgan fingerprint density at radius 1 is 1.17 bits per heavy atom. The maximum atomic E-state index is 12.2. The minimum Gasteiger partial charge on any atom is -0.477 e. The number of carboxylic acids is 1. The van der Waals surface area contributed by atoms with Crippen molar-refractivity contribution >= 4 is 11.9 Å². The van der Waals surface area contributed by atoms with E-state index in [4.69, 9.17) is 5.11 Å². The summed E-state index contributed by atoms with van der Waals surface area (Å²) in [6, 6.07) is 12.9. The molecule has 0 aliphatic heterocycles. The van der Waals surface area contributed by atoms with Crippen LogP contribution in [-0.4, -0.2) is 28.5 Å². The van der Waals surface area contributed by atoms with E-state index in [1.807, 2.05) is 18.2 Å².